The molecule has 0 radical (unpaired) electrons. The first-order valence-corrected chi connectivity index (χ1v) is 6.39. The minimum absolute atomic E-state index is 0.671. The van der Waals surface area contributed by atoms with Crippen LogP contribution in [0.5, 0.6) is 0 Å². The highest BCUT2D eigenvalue weighted by Crippen LogP contribution is 2.29. The summed E-state index contributed by atoms with van der Waals surface area (Å²) in [5, 5.41) is 0. The van der Waals surface area contributed by atoms with E-state index < -0.39 is 0 Å². The molecular formula is C15H21N. The van der Waals surface area contributed by atoms with Crippen molar-refractivity contribution in [2.75, 3.05) is 7.05 Å². The Morgan fingerprint density at radius 3 is 2.75 bits per heavy atom. The summed E-state index contributed by atoms with van der Waals surface area (Å²) in [5.41, 5.74) is 5.68. The maximum Gasteiger partial charge on any atom is 0.0450 e. The average molecular weight is 215 g/mol. The zero-order chi connectivity index (χ0) is 11.5. The Labute approximate surface area is 98.6 Å². The molecule has 2 rings (SSSR count). The molecule has 1 aliphatic carbocycles. The zero-order valence-electron chi connectivity index (χ0n) is 10.6. The highest BCUT2D eigenvalue weighted by molar-refractivity contribution is 6.04. The van der Waals surface area contributed by atoms with Gasteiger partial charge in [-0.25, -0.2) is 0 Å². The summed E-state index contributed by atoms with van der Waals surface area (Å²) in [7, 11) is 1.93. The fourth-order valence-electron chi connectivity index (χ4n) is 2.71. The molecule has 0 saturated carbocycles. The monoisotopic (exact) mass is 215 g/mol. The van der Waals surface area contributed by atoms with Gasteiger partial charge in [0.2, 0.25) is 0 Å². The van der Waals surface area contributed by atoms with Gasteiger partial charge >= 0.3 is 0 Å². The van der Waals surface area contributed by atoms with E-state index in [0.717, 1.165) is 6.42 Å². The predicted molar refractivity (Wildman–Crippen MR) is 70.4 cm³/mol. The van der Waals surface area contributed by atoms with Crippen molar-refractivity contribution in [1.82, 2.24) is 0 Å². The van der Waals surface area contributed by atoms with Crippen LogP contribution >= 0.6 is 0 Å². The molecule has 1 aliphatic rings. The van der Waals surface area contributed by atoms with Crippen molar-refractivity contribution in [3.63, 3.8) is 0 Å². The molecule has 0 saturated heterocycles. The molecule has 0 aromatic heterocycles. The minimum atomic E-state index is 0.671. The van der Waals surface area contributed by atoms with Crippen LogP contribution in [0, 0.1) is 5.92 Å². The van der Waals surface area contributed by atoms with Gasteiger partial charge in [-0.15, -0.1) is 0 Å². The molecule has 1 heteroatoms. The highest BCUT2D eigenvalue weighted by Gasteiger charge is 2.23. The van der Waals surface area contributed by atoms with Gasteiger partial charge in [0.25, 0.3) is 0 Å². The molecule has 0 bridgehead atoms. The van der Waals surface area contributed by atoms with Gasteiger partial charge < -0.3 is 0 Å². The Kier molecular flexibility index (Phi) is 3.42. The third-order valence-electron chi connectivity index (χ3n) is 3.74. The average Bonchev–Trinajstić information content (AvgIpc) is 2.36. The molecule has 0 aliphatic heterocycles. The van der Waals surface area contributed by atoms with Gasteiger partial charge in [0.1, 0.15) is 0 Å². The summed E-state index contributed by atoms with van der Waals surface area (Å²) in [4.78, 5) is 4.51. The first kappa shape index (κ1) is 11.4. The van der Waals surface area contributed by atoms with E-state index in [2.05, 4.69) is 37.0 Å². The molecule has 0 N–H and O–H groups in total. The normalized spacial score (nSPS) is 22.2. The molecule has 1 aromatic rings. The lowest BCUT2D eigenvalue weighted by Gasteiger charge is -2.26. The van der Waals surface area contributed by atoms with E-state index >= 15 is 0 Å². The molecule has 1 atom stereocenters. The van der Waals surface area contributed by atoms with Gasteiger partial charge in [-0.2, -0.15) is 0 Å². The second-order valence-corrected chi connectivity index (χ2v) is 4.60. The van der Waals surface area contributed by atoms with Crippen molar-refractivity contribution < 1.29 is 0 Å². The van der Waals surface area contributed by atoms with Gasteiger partial charge in [0, 0.05) is 18.7 Å². The van der Waals surface area contributed by atoms with Gasteiger partial charge in [0.15, 0.2) is 0 Å². The number of aryl methyl sites for hydroxylation is 2. The van der Waals surface area contributed by atoms with Gasteiger partial charge in [-0.1, -0.05) is 32.0 Å². The van der Waals surface area contributed by atoms with Crippen molar-refractivity contribution in [2.24, 2.45) is 10.9 Å². The summed E-state index contributed by atoms with van der Waals surface area (Å²) < 4.78 is 0. The molecule has 1 nitrogen and oxygen atoms in total. The lowest BCUT2D eigenvalue weighted by Crippen LogP contribution is -2.23. The van der Waals surface area contributed by atoms with E-state index in [9.17, 15) is 0 Å². The Morgan fingerprint density at radius 1 is 1.31 bits per heavy atom. The predicted octanol–water partition coefficient (Wildman–Crippen LogP) is 3.64. The highest BCUT2D eigenvalue weighted by atomic mass is 14.7. The molecule has 1 unspecified atom stereocenters. The van der Waals surface area contributed by atoms with Crippen LogP contribution in [0.25, 0.3) is 0 Å². The maximum absolute atomic E-state index is 4.51. The smallest absolute Gasteiger partial charge is 0.0450 e. The SMILES string of the molecule is CCc1ccc2c(c1)CCC(CC)C2=NC. The topological polar surface area (TPSA) is 12.4 Å². The maximum atomic E-state index is 4.51. The largest absolute Gasteiger partial charge is 0.292 e. The summed E-state index contributed by atoms with van der Waals surface area (Å²) in [6.45, 7) is 4.48. The third kappa shape index (κ3) is 1.91. The summed E-state index contributed by atoms with van der Waals surface area (Å²) in [6.07, 6.45) is 4.83. The van der Waals surface area contributed by atoms with Crippen molar-refractivity contribution in [2.45, 2.75) is 39.5 Å². The summed E-state index contributed by atoms with van der Waals surface area (Å²) in [5.74, 6) is 0.671. The zero-order valence-corrected chi connectivity index (χ0v) is 10.6. The molecule has 0 amide bonds. The van der Waals surface area contributed by atoms with Crippen LogP contribution < -0.4 is 0 Å². The van der Waals surface area contributed by atoms with E-state index in [1.165, 1.54) is 41.7 Å². The second kappa shape index (κ2) is 4.82. The Bertz CT molecular complexity index is 404. The molecule has 0 heterocycles. The fourth-order valence-corrected chi connectivity index (χ4v) is 2.71. The Hall–Kier alpha value is -1.11. The van der Waals surface area contributed by atoms with Crippen LogP contribution in [0.15, 0.2) is 23.2 Å². The van der Waals surface area contributed by atoms with Crippen LogP contribution in [0.1, 0.15) is 43.4 Å². The number of aliphatic imine (C=N–C) groups is 1. The Morgan fingerprint density at radius 2 is 2.12 bits per heavy atom. The lowest BCUT2D eigenvalue weighted by atomic mass is 9.80. The molecule has 1 aromatic carbocycles. The molecular weight excluding hydrogens is 194 g/mol. The summed E-state index contributed by atoms with van der Waals surface area (Å²) in [6, 6.07) is 6.90. The van der Waals surface area contributed by atoms with Crippen LogP contribution in [0.3, 0.4) is 0 Å². The number of rotatable bonds is 2. The number of nitrogens with zero attached hydrogens (tertiary/aromatic N) is 1. The van der Waals surface area contributed by atoms with Crippen molar-refractivity contribution in [3.8, 4) is 0 Å². The van der Waals surface area contributed by atoms with Gasteiger partial charge in [-0.05, 0) is 42.4 Å². The van der Waals surface area contributed by atoms with Gasteiger partial charge in [0.05, 0.1) is 0 Å². The third-order valence-corrected chi connectivity index (χ3v) is 3.74. The standard InChI is InChI=1S/C15H21N/c1-4-11-6-9-14-13(10-11)8-7-12(5-2)15(14)16-3/h6,9-10,12H,4-5,7-8H2,1-3H3. The molecule has 0 fully saturated rings. The van der Waals surface area contributed by atoms with Crippen molar-refractivity contribution in [3.05, 3.63) is 34.9 Å². The van der Waals surface area contributed by atoms with Crippen LogP contribution in [0.2, 0.25) is 0 Å². The van der Waals surface area contributed by atoms with Crippen LogP contribution in [-0.4, -0.2) is 12.8 Å². The van der Waals surface area contributed by atoms with Crippen LogP contribution in [0.4, 0.5) is 0 Å². The van der Waals surface area contributed by atoms with Gasteiger partial charge in [-0.3, -0.25) is 4.99 Å². The van der Waals surface area contributed by atoms with Crippen molar-refractivity contribution >= 4 is 5.71 Å². The summed E-state index contributed by atoms with van der Waals surface area (Å²) >= 11 is 0. The van der Waals surface area contributed by atoms with Crippen molar-refractivity contribution in [1.29, 1.82) is 0 Å². The van der Waals surface area contributed by atoms with Crippen LogP contribution in [-0.2, 0) is 12.8 Å². The van der Waals surface area contributed by atoms with E-state index in [-0.39, 0.29) is 0 Å². The quantitative estimate of drug-likeness (QED) is 0.714. The van der Waals surface area contributed by atoms with E-state index in [1.807, 2.05) is 7.05 Å². The van der Waals surface area contributed by atoms with E-state index in [4.69, 9.17) is 0 Å². The number of fused-ring (bicyclic) bond motifs is 1. The van der Waals surface area contributed by atoms with E-state index in [1.54, 1.807) is 0 Å². The number of benzene rings is 1. The Balaban J connectivity index is 2.43. The molecule has 86 valence electrons. The first-order chi connectivity index (χ1) is 7.80. The second-order valence-electron chi connectivity index (χ2n) is 4.60. The molecule has 16 heavy (non-hydrogen) atoms. The van der Waals surface area contributed by atoms with E-state index in [0.29, 0.717) is 5.92 Å². The number of hydrogen-bond acceptors (Lipinski definition) is 1. The molecule has 0 spiro atoms. The first-order valence-electron chi connectivity index (χ1n) is 6.39. The fraction of sp³-hybridized carbons (Fsp3) is 0.533. The minimum Gasteiger partial charge on any atom is -0.292 e. The number of hydrogen-bond donors (Lipinski definition) is 0. The lowest BCUT2D eigenvalue weighted by molar-refractivity contribution is 0.590.